The molecular weight excluding hydrogens is 448 g/mol. The maximum atomic E-state index is 12.9. The van der Waals surface area contributed by atoms with Gasteiger partial charge in [0, 0.05) is 29.9 Å². The average Bonchev–Trinajstić information content (AvgIpc) is 3.48. The van der Waals surface area contributed by atoms with Crippen LogP contribution in [0.4, 0.5) is 11.4 Å². The molecule has 1 saturated heterocycles. The number of hydrazine groups is 2. The van der Waals surface area contributed by atoms with Crippen molar-refractivity contribution < 1.29 is 4.79 Å². The molecule has 9 heteroatoms. The highest BCUT2D eigenvalue weighted by molar-refractivity contribution is 7.12. The van der Waals surface area contributed by atoms with Gasteiger partial charge in [-0.05, 0) is 46.8 Å². The third-order valence-corrected chi connectivity index (χ3v) is 6.92. The number of nitrogens with two attached hydrogens (primary N) is 2. The van der Waals surface area contributed by atoms with Crippen LogP contribution in [0.5, 0.6) is 0 Å². The predicted molar refractivity (Wildman–Crippen MR) is 135 cm³/mol. The second-order valence-electron chi connectivity index (χ2n) is 8.18. The van der Waals surface area contributed by atoms with Gasteiger partial charge < -0.3 is 11.5 Å². The van der Waals surface area contributed by atoms with Gasteiger partial charge in [0.15, 0.2) is 0 Å². The normalized spacial score (nSPS) is 17.7. The molecule has 0 spiro atoms. The van der Waals surface area contributed by atoms with Gasteiger partial charge in [0.1, 0.15) is 5.66 Å². The fourth-order valence-electron chi connectivity index (χ4n) is 4.33. The standard InChI is InChI=1S/C25H24N6O2S/c26-19-10-8-17(9-11-19)20-5-1-2-6-21(20)31-28-16-25(29-31,30-13-4-3-7-22(30)32)15-18-12-14-34-23(18)24(27)33/h1-14,28-29H,15-16,26H2,(H2,27,33). The van der Waals surface area contributed by atoms with Crippen molar-refractivity contribution in [1.29, 1.82) is 0 Å². The third kappa shape index (κ3) is 3.96. The molecule has 2 aromatic carbocycles. The molecule has 0 radical (unpaired) electrons. The zero-order valence-corrected chi connectivity index (χ0v) is 19.1. The minimum atomic E-state index is -0.863. The van der Waals surface area contributed by atoms with E-state index < -0.39 is 11.6 Å². The molecule has 1 amide bonds. The van der Waals surface area contributed by atoms with E-state index in [2.05, 4.69) is 10.9 Å². The minimum absolute atomic E-state index is 0.152. The Bertz CT molecular complexity index is 1400. The van der Waals surface area contributed by atoms with Gasteiger partial charge in [-0.3, -0.25) is 14.2 Å². The number of hydrogen-bond donors (Lipinski definition) is 4. The Balaban J connectivity index is 1.56. The van der Waals surface area contributed by atoms with E-state index in [-0.39, 0.29) is 5.56 Å². The maximum absolute atomic E-state index is 12.9. The molecule has 1 aliphatic rings. The summed E-state index contributed by atoms with van der Waals surface area (Å²) < 4.78 is 1.66. The minimum Gasteiger partial charge on any atom is -0.399 e. The first-order chi connectivity index (χ1) is 16.5. The summed E-state index contributed by atoms with van der Waals surface area (Å²) in [6.45, 7) is 0.404. The van der Waals surface area contributed by atoms with Crippen molar-refractivity contribution in [1.82, 2.24) is 15.4 Å². The third-order valence-electron chi connectivity index (χ3n) is 5.95. The van der Waals surface area contributed by atoms with Crippen LogP contribution in [0.2, 0.25) is 0 Å². The van der Waals surface area contributed by atoms with E-state index in [9.17, 15) is 9.59 Å². The molecule has 6 N–H and O–H groups in total. The smallest absolute Gasteiger partial charge is 0.259 e. The van der Waals surface area contributed by atoms with Gasteiger partial charge in [0.2, 0.25) is 0 Å². The number of para-hydroxylation sites is 1. The van der Waals surface area contributed by atoms with Crippen molar-refractivity contribution in [3.05, 3.63) is 105 Å². The highest BCUT2D eigenvalue weighted by atomic mass is 32.1. The van der Waals surface area contributed by atoms with E-state index in [0.717, 1.165) is 22.4 Å². The van der Waals surface area contributed by atoms with Crippen LogP contribution in [0, 0.1) is 0 Å². The fraction of sp³-hybridized carbons (Fsp3) is 0.120. The lowest BCUT2D eigenvalue weighted by molar-refractivity contribution is 0.100. The van der Waals surface area contributed by atoms with E-state index in [1.54, 1.807) is 16.8 Å². The van der Waals surface area contributed by atoms with Crippen molar-refractivity contribution in [3.8, 4) is 11.1 Å². The first-order valence-electron chi connectivity index (χ1n) is 10.8. The van der Waals surface area contributed by atoms with Crippen molar-refractivity contribution in [3.63, 3.8) is 0 Å². The summed E-state index contributed by atoms with van der Waals surface area (Å²) in [5.74, 6) is -0.475. The molecule has 172 valence electrons. The summed E-state index contributed by atoms with van der Waals surface area (Å²) >= 11 is 1.30. The van der Waals surface area contributed by atoms with Crippen molar-refractivity contribution >= 4 is 28.6 Å². The number of benzene rings is 2. The number of nitrogens with zero attached hydrogens (tertiary/aromatic N) is 2. The van der Waals surface area contributed by atoms with E-state index in [1.165, 1.54) is 17.4 Å². The Kier molecular flexibility index (Phi) is 5.66. The SMILES string of the molecule is NC(=O)c1sccc1CC1(n2ccccc2=O)CNN(c2ccccc2-c2ccc(N)cc2)N1. The number of pyridine rings is 1. The molecule has 34 heavy (non-hydrogen) atoms. The number of carbonyl (C=O) groups excluding carboxylic acids is 1. The van der Waals surface area contributed by atoms with E-state index >= 15 is 0 Å². The number of rotatable bonds is 6. The van der Waals surface area contributed by atoms with Gasteiger partial charge in [-0.2, -0.15) is 5.43 Å². The molecule has 0 bridgehead atoms. The van der Waals surface area contributed by atoms with Gasteiger partial charge in [0.05, 0.1) is 17.1 Å². The van der Waals surface area contributed by atoms with Crippen molar-refractivity contribution in [2.24, 2.45) is 5.73 Å². The van der Waals surface area contributed by atoms with Gasteiger partial charge in [-0.25, -0.2) is 10.5 Å². The zero-order valence-electron chi connectivity index (χ0n) is 18.3. The molecule has 5 rings (SSSR count). The number of aromatic nitrogens is 1. The molecule has 1 aliphatic heterocycles. The average molecular weight is 473 g/mol. The number of anilines is 2. The number of primary amides is 1. The van der Waals surface area contributed by atoms with Crippen LogP contribution in [0.3, 0.4) is 0 Å². The number of thiophene rings is 1. The monoisotopic (exact) mass is 472 g/mol. The number of carbonyl (C=O) groups is 1. The van der Waals surface area contributed by atoms with Gasteiger partial charge >= 0.3 is 0 Å². The lowest BCUT2D eigenvalue weighted by atomic mass is 10.00. The van der Waals surface area contributed by atoms with Gasteiger partial charge in [-0.1, -0.05) is 36.4 Å². The number of nitrogens with one attached hydrogen (secondary N) is 2. The number of hydrogen-bond acceptors (Lipinski definition) is 7. The van der Waals surface area contributed by atoms with Gasteiger partial charge in [-0.15, -0.1) is 11.3 Å². The van der Waals surface area contributed by atoms with Crippen molar-refractivity contribution in [2.45, 2.75) is 12.1 Å². The molecular formula is C25H24N6O2S. The largest absolute Gasteiger partial charge is 0.399 e. The molecule has 0 saturated carbocycles. The lowest BCUT2D eigenvalue weighted by Gasteiger charge is -2.32. The second kappa shape index (κ2) is 8.79. The topological polar surface area (TPSA) is 118 Å². The summed E-state index contributed by atoms with van der Waals surface area (Å²) in [4.78, 5) is 25.4. The number of nitrogen functional groups attached to an aromatic ring is 1. The highest BCUT2D eigenvalue weighted by Crippen LogP contribution is 2.34. The molecule has 1 unspecified atom stereocenters. The highest BCUT2D eigenvalue weighted by Gasteiger charge is 2.41. The van der Waals surface area contributed by atoms with Crippen LogP contribution < -0.4 is 33.0 Å². The first kappa shape index (κ1) is 21.9. The molecule has 2 aromatic heterocycles. The lowest BCUT2D eigenvalue weighted by Crippen LogP contribution is -2.54. The summed E-state index contributed by atoms with van der Waals surface area (Å²) in [7, 11) is 0. The Morgan fingerprint density at radius 3 is 2.56 bits per heavy atom. The quantitative estimate of drug-likeness (QED) is 0.321. The summed E-state index contributed by atoms with van der Waals surface area (Å²) in [5.41, 5.74) is 21.8. The Morgan fingerprint density at radius 2 is 1.79 bits per heavy atom. The van der Waals surface area contributed by atoms with E-state index in [0.29, 0.717) is 23.5 Å². The summed E-state index contributed by atoms with van der Waals surface area (Å²) in [5, 5.41) is 3.68. The maximum Gasteiger partial charge on any atom is 0.259 e. The van der Waals surface area contributed by atoms with E-state index in [4.69, 9.17) is 11.5 Å². The molecule has 4 aromatic rings. The summed E-state index contributed by atoms with van der Waals surface area (Å²) in [6.07, 6.45) is 2.13. The molecule has 0 aliphatic carbocycles. The molecule has 1 atom stereocenters. The van der Waals surface area contributed by atoms with E-state index in [1.807, 2.05) is 71.2 Å². The van der Waals surface area contributed by atoms with Crippen LogP contribution in [0.1, 0.15) is 15.2 Å². The Labute approximate surface area is 200 Å². The fourth-order valence-corrected chi connectivity index (χ4v) is 5.11. The number of amides is 1. The second-order valence-corrected chi connectivity index (χ2v) is 9.09. The molecule has 3 heterocycles. The summed E-state index contributed by atoms with van der Waals surface area (Å²) in [6, 6.07) is 22.6. The molecule has 1 fully saturated rings. The van der Waals surface area contributed by atoms with Crippen LogP contribution in [0.25, 0.3) is 11.1 Å². The van der Waals surface area contributed by atoms with Crippen molar-refractivity contribution in [2.75, 3.05) is 17.4 Å². The predicted octanol–water partition coefficient (Wildman–Crippen LogP) is 2.68. The zero-order chi connectivity index (χ0) is 23.7. The van der Waals surface area contributed by atoms with Crippen LogP contribution >= 0.6 is 11.3 Å². The Morgan fingerprint density at radius 1 is 1.03 bits per heavy atom. The van der Waals surface area contributed by atoms with Crippen LogP contribution in [-0.4, -0.2) is 17.0 Å². The van der Waals surface area contributed by atoms with Crippen LogP contribution in [0.15, 0.2) is 89.2 Å². The Hall–Kier alpha value is -3.92. The molecule has 8 nitrogen and oxygen atoms in total. The first-order valence-corrected chi connectivity index (χ1v) is 11.7. The van der Waals surface area contributed by atoms with Crippen LogP contribution in [-0.2, 0) is 12.1 Å². The van der Waals surface area contributed by atoms with Gasteiger partial charge in [0.25, 0.3) is 11.5 Å².